The van der Waals surface area contributed by atoms with Gasteiger partial charge in [0.15, 0.2) is 12.0 Å². The molecule has 0 saturated carbocycles. The van der Waals surface area contributed by atoms with Gasteiger partial charge in [-0.3, -0.25) is 20.1 Å². The maximum atomic E-state index is 11.7. The van der Waals surface area contributed by atoms with Gasteiger partial charge in [-0.15, -0.1) is 0 Å². The first kappa shape index (κ1) is 13.9. The van der Waals surface area contributed by atoms with Crippen LogP contribution in [0.2, 0.25) is 0 Å². The molecule has 0 unspecified atom stereocenters. The smallest absolute Gasteiger partial charge is 0.330 e. The Bertz CT molecular complexity index is 593. The molecule has 0 radical (unpaired) electrons. The Hall–Kier alpha value is -1.52. The van der Waals surface area contributed by atoms with Gasteiger partial charge in [-0.25, -0.2) is 4.79 Å². The van der Waals surface area contributed by atoms with Crippen molar-refractivity contribution in [2.24, 2.45) is 5.73 Å². The number of aromatic amines is 1. The lowest BCUT2D eigenvalue weighted by atomic mass is 9.93. The van der Waals surface area contributed by atoms with Crippen molar-refractivity contribution in [3.05, 3.63) is 33.1 Å². The van der Waals surface area contributed by atoms with Gasteiger partial charge in [0.1, 0.15) is 11.7 Å². The fraction of sp³-hybridized carbons (Fsp3) is 0.600. The molecule has 0 spiro atoms. The zero-order chi connectivity index (χ0) is 14.4. The molecule has 1 aromatic heterocycles. The lowest BCUT2D eigenvalue weighted by Crippen LogP contribution is -2.57. The molecule has 9 nitrogen and oxygen atoms in total. The fourth-order valence-corrected chi connectivity index (χ4v) is 2.10. The molecular formula is C10H15N3O6. The van der Waals surface area contributed by atoms with E-state index >= 15 is 0 Å². The van der Waals surface area contributed by atoms with Crippen molar-refractivity contribution in [2.75, 3.05) is 6.61 Å². The van der Waals surface area contributed by atoms with Gasteiger partial charge in [0.2, 0.25) is 0 Å². The molecule has 1 aliphatic heterocycles. The first-order valence-corrected chi connectivity index (χ1v) is 5.52. The van der Waals surface area contributed by atoms with Crippen molar-refractivity contribution in [3.63, 3.8) is 0 Å². The number of aromatic nitrogens is 2. The Morgan fingerprint density at radius 2 is 2.21 bits per heavy atom. The number of aliphatic hydroxyl groups excluding tert-OH is 2. The van der Waals surface area contributed by atoms with Gasteiger partial charge in [0.25, 0.3) is 5.56 Å². The van der Waals surface area contributed by atoms with E-state index in [0.717, 1.165) is 16.8 Å². The number of nitrogens with zero attached hydrogens (tertiary/aromatic N) is 1. The number of aliphatic hydroxyl groups is 3. The summed E-state index contributed by atoms with van der Waals surface area (Å²) < 4.78 is 6.08. The van der Waals surface area contributed by atoms with Gasteiger partial charge >= 0.3 is 5.69 Å². The van der Waals surface area contributed by atoms with E-state index in [9.17, 15) is 19.8 Å². The first-order valence-electron chi connectivity index (χ1n) is 5.52. The van der Waals surface area contributed by atoms with Crippen LogP contribution in [0.5, 0.6) is 0 Å². The van der Waals surface area contributed by atoms with E-state index in [4.69, 9.17) is 15.6 Å². The summed E-state index contributed by atoms with van der Waals surface area (Å²) in [7, 11) is 0. The Morgan fingerprint density at radius 3 is 2.68 bits per heavy atom. The SMILES string of the molecule is C[C@]1(O)[C@H](n2ccc(=O)[nH]c2=O)O[C@](N)(CO)[C@H]1O. The molecule has 2 rings (SSSR count). The quantitative estimate of drug-likeness (QED) is 0.381. The van der Waals surface area contributed by atoms with Crippen molar-refractivity contribution in [2.45, 2.75) is 30.6 Å². The second kappa shape index (κ2) is 4.25. The average Bonchev–Trinajstić information content (AvgIpc) is 2.51. The minimum absolute atomic E-state index is 0.611. The highest BCUT2D eigenvalue weighted by Crippen LogP contribution is 2.40. The van der Waals surface area contributed by atoms with Gasteiger partial charge in [-0.05, 0) is 6.92 Å². The predicted octanol–water partition coefficient (Wildman–Crippen LogP) is -3.18. The van der Waals surface area contributed by atoms with Crippen molar-refractivity contribution in [3.8, 4) is 0 Å². The molecule has 0 amide bonds. The highest BCUT2D eigenvalue weighted by molar-refractivity contribution is 5.05. The topological polar surface area (TPSA) is 151 Å². The second-order valence-corrected chi connectivity index (χ2v) is 4.73. The van der Waals surface area contributed by atoms with Gasteiger partial charge in [-0.1, -0.05) is 0 Å². The third-order valence-corrected chi connectivity index (χ3v) is 3.20. The third-order valence-electron chi connectivity index (χ3n) is 3.20. The Balaban J connectivity index is 2.51. The summed E-state index contributed by atoms with van der Waals surface area (Å²) in [5.74, 6) is 0. The zero-order valence-corrected chi connectivity index (χ0v) is 10.1. The Labute approximate surface area is 106 Å². The zero-order valence-electron chi connectivity index (χ0n) is 10.1. The molecule has 106 valence electrons. The van der Waals surface area contributed by atoms with E-state index < -0.39 is 41.5 Å². The van der Waals surface area contributed by atoms with Crippen LogP contribution in [0.4, 0.5) is 0 Å². The van der Waals surface area contributed by atoms with Crippen LogP contribution in [0.25, 0.3) is 0 Å². The molecule has 0 bridgehead atoms. The van der Waals surface area contributed by atoms with Crippen molar-refractivity contribution < 1.29 is 20.1 Å². The van der Waals surface area contributed by atoms with E-state index in [0.29, 0.717) is 0 Å². The number of hydrogen-bond donors (Lipinski definition) is 5. The summed E-state index contributed by atoms with van der Waals surface area (Å²) in [5.41, 5.74) is 0.362. The summed E-state index contributed by atoms with van der Waals surface area (Å²) in [4.78, 5) is 24.6. The second-order valence-electron chi connectivity index (χ2n) is 4.73. The molecule has 4 atom stereocenters. The lowest BCUT2D eigenvalue weighted by molar-refractivity contribution is -0.128. The van der Waals surface area contributed by atoms with Crippen LogP contribution in [0.1, 0.15) is 13.2 Å². The van der Waals surface area contributed by atoms with E-state index in [1.807, 2.05) is 4.98 Å². The summed E-state index contributed by atoms with van der Waals surface area (Å²) >= 11 is 0. The van der Waals surface area contributed by atoms with Crippen LogP contribution in [0.15, 0.2) is 21.9 Å². The molecule has 1 aromatic rings. The maximum absolute atomic E-state index is 11.7. The van der Waals surface area contributed by atoms with Gasteiger partial charge in [0, 0.05) is 12.3 Å². The van der Waals surface area contributed by atoms with Crippen LogP contribution in [-0.4, -0.2) is 48.9 Å². The predicted molar refractivity (Wildman–Crippen MR) is 62.1 cm³/mol. The van der Waals surface area contributed by atoms with Crippen LogP contribution in [0.3, 0.4) is 0 Å². The van der Waals surface area contributed by atoms with Gasteiger partial charge < -0.3 is 20.1 Å². The summed E-state index contributed by atoms with van der Waals surface area (Å²) in [6.45, 7) is 0.461. The number of ether oxygens (including phenoxy) is 1. The summed E-state index contributed by atoms with van der Waals surface area (Å²) in [6.07, 6.45) is -1.85. The third kappa shape index (κ3) is 2.01. The molecule has 2 heterocycles. The van der Waals surface area contributed by atoms with Crippen LogP contribution in [-0.2, 0) is 4.74 Å². The first-order chi connectivity index (χ1) is 8.72. The van der Waals surface area contributed by atoms with Crippen LogP contribution in [0, 0.1) is 0 Å². The minimum Gasteiger partial charge on any atom is -0.392 e. The molecular weight excluding hydrogens is 258 g/mol. The van der Waals surface area contributed by atoms with Crippen molar-refractivity contribution in [1.29, 1.82) is 0 Å². The number of nitrogens with one attached hydrogen (secondary N) is 1. The highest BCUT2D eigenvalue weighted by Gasteiger charge is 2.60. The molecule has 1 aliphatic rings. The van der Waals surface area contributed by atoms with E-state index in [1.54, 1.807) is 0 Å². The molecule has 1 saturated heterocycles. The van der Waals surface area contributed by atoms with Crippen molar-refractivity contribution in [1.82, 2.24) is 9.55 Å². The van der Waals surface area contributed by atoms with Crippen LogP contribution >= 0.6 is 0 Å². The fourth-order valence-electron chi connectivity index (χ4n) is 2.10. The maximum Gasteiger partial charge on any atom is 0.330 e. The van der Waals surface area contributed by atoms with Crippen LogP contribution < -0.4 is 17.0 Å². The highest BCUT2D eigenvalue weighted by atomic mass is 16.6. The van der Waals surface area contributed by atoms with Gasteiger partial charge in [0.05, 0.1) is 6.61 Å². The molecule has 0 aromatic carbocycles. The molecule has 6 N–H and O–H groups in total. The van der Waals surface area contributed by atoms with E-state index in [2.05, 4.69) is 0 Å². The molecule has 0 aliphatic carbocycles. The number of nitrogens with two attached hydrogens (primary N) is 1. The standard InChI is InChI=1S/C10H15N3O6/c1-9(18)6(16)10(11,4-14)19-7(9)13-3-2-5(15)12-8(13)17/h2-3,6-7,14,16,18H,4,11H2,1H3,(H,12,15,17)/t6-,7+,9+,10+/m0/s1. The number of hydrogen-bond acceptors (Lipinski definition) is 7. The van der Waals surface area contributed by atoms with Gasteiger partial charge in [-0.2, -0.15) is 0 Å². The molecule has 9 heteroatoms. The Morgan fingerprint density at radius 1 is 1.58 bits per heavy atom. The normalized spacial score (nSPS) is 38.6. The lowest BCUT2D eigenvalue weighted by Gasteiger charge is -2.28. The monoisotopic (exact) mass is 273 g/mol. The minimum atomic E-state index is -1.92. The Kier molecular flexibility index (Phi) is 3.11. The number of H-pyrrole nitrogens is 1. The largest absolute Gasteiger partial charge is 0.392 e. The number of rotatable bonds is 2. The average molecular weight is 273 g/mol. The van der Waals surface area contributed by atoms with Crippen molar-refractivity contribution >= 4 is 0 Å². The summed E-state index contributed by atoms with van der Waals surface area (Å²) in [6, 6.07) is 1.06. The van der Waals surface area contributed by atoms with E-state index in [1.165, 1.54) is 6.92 Å². The molecule has 1 fully saturated rings. The molecule has 19 heavy (non-hydrogen) atoms. The summed E-state index contributed by atoms with van der Waals surface area (Å²) in [5, 5.41) is 29.3. The van der Waals surface area contributed by atoms with E-state index in [-0.39, 0.29) is 0 Å².